The Hall–Kier alpha value is -1.12. The SMILES string of the molecule is CC(=O)c1cc(C)nn1CCC(C)C. The number of rotatable bonds is 4. The van der Waals surface area contributed by atoms with Crippen LogP contribution in [0.3, 0.4) is 0 Å². The van der Waals surface area contributed by atoms with Crippen molar-refractivity contribution in [2.75, 3.05) is 0 Å². The predicted molar refractivity (Wildman–Crippen MR) is 56.4 cm³/mol. The van der Waals surface area contributed by atoms with E-state index in [4.69, 9.17) is 0 Å². The number of carbonyl (C=O) groups excluding carboxylic acids is 1. The first-order valence-corrected chi connectivity index (χ1v) is 5.06. The zero-order valence-corrected chi connectivity index (χ0v) is 9.37. The van der Waals surface area contributed by atoms with Gasteiger partial charge in [-0.1, -0.05) is 13.8 Å². The van der Waals surface area contributed by atoms with E-state index in [0.717, 1.165) is 24.4 Å². The molecule has 0 spiro atoms. The quantitative estimate of drug-likeness (QED) is 0.690. The largest absolute Gasteiger partial charge is 0.293 e. The van der Waals surface area contributed by atoms with Crippen LogP contribution >= 0.6 is 0 Å². The van der Waals surface area contributed by atoms with Crippen LogP contribution in [0.15, 0.2) is 6.07 Å². The summed E-state index contributed by atoms with van der Waals surface area (Å²) in [4.78, 5) is 11.3. The van der Waals surface area contributed by atoms with Crippen molar-refractivity contribution in [1.29, 1.82) is 0 Å². The average molecular weight is 194 g/mol. The topological polar surface area (TPSA) is 34.9 Å². The molecule has 0 amide bonds. The molecule has 0 aliphatic rings. The third kappa shape index (κ3) is 2.69. The average Bonchev–Trinajstić information content (AvgIpc) is 2.43. The van der Waals surface area contributed by atoms with Gasteiger partial charge in [0.2, 0.25) is 0 Å². The molecule has 1 rings (SSSR count). The molecular formula is C11H18N2O. The number of hydrogen-bond donors (Lipinski definition) is 0. The lowest BCUT2D eigenvalue weighted by atomic mass is 10.1. The number of nitrogens with zero attached hydrogens (tertiary/aromatic N) is 2. The summed E-state index contributed by atoms with van der Waals surface area (Å²) < 4.78 is 1.82. The van der Waals surface area contributed by atoms with Gasteiger partial charge in [-0.3, -0.25) is 9.48 Å². The molecule has 0 saturated heterocycles. The summed E-state index contributed by atoms with van der Waals surface area (Å²) in [5, 5.41) is 4.30. The number of aryl methyl sites for hydroxylation is 2. The molecular weight excluding hydrogens is 176 g/mol. The molecule has 0 saturated carbocycles. The van der Waals surface area contributed by atoms with Crippen LogP contribution in [0.25, 0.3) is 0 Å². The molecule has 1 aromatic heterocycles. The van der Waals surface area contributed by atoms with Crippen LogP contribution in [0.4, 0.5) is 0 Å². The second kappa shape index (κ2) is 4.40. The minimum absolute atomic E-state index is 0.0920. The van der Waals surface area contributed by atoms with E-state index in [1.165, 1.54) is 0 Å². The van der Waals surface area contributed by atoms with Crippen molar-refractivity contribution in [3.05, 3.63) is 17.5 Å². The van der Waals surface area contributed by atoms with Gasteiger partial charge in [0, 0.05) is 13.5 Å². The van der Waals surface area contributed by atoms with Gasteiger partial charge in [0.25, 0.3) is 0 Å². The van der Waals surface area contributed by atoms with Crippen molar-refractivity contribution < 1.29 is 4.79 Å². The Bertz CT molecular complexity index is 326. The van der Waals surface area contributed by atoms with Gasteiger partial charge in [-0.25, -0.2) is 0 Å². The van der Waals surface area contributed by atoms with Gasteiger partial charge in [-0.05, 0) is 25.3 Å². The highest BCUT2D eigenvalue weighted by atomic mass is 16.1. The van der Waals surface area contributed by atoms with E-state index in [0.29, 0.717) is 5.92 Å². The first-order valence-electron chi connectivity index (χ1n) is 5.06. The normalized spacial score (nSPS) is 10.9. The number of ketones is 1. The minimum Gasteiger partial charge on any atom is -0.293 e. The van der Waals surface area contributed by atoms with Gasteiger partial charge >= 0.3 is 0 Å². The zero-order valence-electron chi connectivity index (χ0n) is 9.37. The maximum Gasteiger partial charge on any atom is 0.177 e. The van der Waals surface area contributed by atoms with Gasteiger partial charge < -0.3 is 0 Å². The van der Waals surface area contributed by atoms with E-state index in [1.807, 2.05) is 17.7 Å². The fraction of sp³-hybridized carbons (Fsp3) is 0.636. The van der Waals surface area contributed by atoms with E-state index < -0.39 is 0 Å². The van der Waals surface area contributed by atoms with Gasteiger partial charge in [-0.15, -0.1) is 0 Å². The highest BCUT2D eigenvalue weighted by Crippen LogP contribution is 2.08. The molecule has 0 fully saturated rings. The van der Waals surface area contributed by atoms with Crippen LogP contribution in [0.2, 0.25) is 0 Å². The molecule has 3 nitrogen and oxygen atoms in total. The first-order chi connectivity index (χ1) is 6.50. The monoisotopic (exact) mass is 194 g/mol. The Morgan fingerprint density at radius 1 is 1.57 bits per heavy atom. The van der Waals surface area contributed by atoms with Gasteiger partial charge in [0.1, 0.15) is 5.69 Å². The van der Waals surface area contributed by atoms with E-state index in [9.17, 15) is 4.79 Å². The van der Waals surface area contributed by atoms with Gasteiger partial charge in [0.15, 0.2) is 5.78 Å². The van der Waals surface area contributed by atoms with Crippen LogP contribution in [0, 0.1) is 12.8 Å². The van der Waals surface area contributed by atoms with Crippen molar-refractivity contribution in [2.45, 2.75) is 40.7 Å². The molecule has 0 unspecified atom stereocenters. The Morgan fingerprint density at radius 2 is 2.21 bits per heavy atom. The Balaban J connectivity index is 2.79. The summed E-state index contributed by atoms with van der Waals surface area (Å²) in [6.07, 6.45) is 1.06. The molecule has 1 aromatic rings. The van der Waals surface area contributed by atoms with Crippen molar-refractivity contribution in [3.63, 3.8) is 0 Å². The highest BCUT2D eigenvalue weighted by molar-refractivity contribution is 5.92. The highest BCUT2D eigenvalue weighted by Gasteiger charge is 2.09. The number of Topliss-reactive ketones (excluding diaryl/α,β-unsaturated/α-hetero) is 1. The van der Waals surface area contributed by atoms with Crippen LogP contribution in [-0.4, -0.2) is 15.6 Å². The van der Waals surface area contributed by atoms with Crippen molar-refractivity contribution in [3.8, 4) is 0 Å². The molecule has 0 aliphatic heterocycles. The van der Waals surface area contributed by atoms with E-state index in [2.05, 4.69) is 18.9 Å². The predicted octanol–water partition coefficient (Wildman–Crippen LogP) is 2.44. The van der Waals surface area contributed by atoms with Crippen molar-refractivity contribution in [1.82, 2.24) is 9.78 Å². The Labute approximate surface area is 85.1 Å². The van der Waals surface area contributed by atoms with Crippen LogP contribution in [0.1, 0.15) is 43.4 Å². The van der Waals surface area contributed by atoms with E-state index in [-0.39, 0.29) is 5.78 Å². The fourth-order valence-corrected chi connectivity index (χ4v) is 1.38. The molecule has 14 heavy (non-hydrogen) atoms. The molecule has 0 aromatic carbocycles. The van der Waals surface area contributed by atoms with E-state index >= 15 is 0 Å². The first kappa shape index (κ1) is 11.0. The maximum absolute atomic E-state index is 11.3. The Morgan fingerprint density at radius 3 is 2.71 bits per heavy atom. The zero-order chi connectivity index (χ0) is 10.7. The molecule has 0 radical (unpaired) electrons. The lowest BCUT2D eigenvalue weighted by Crippen LogP contribution is -2.10. The van der Waals surface area contributed by atoms with Crippen molar-refractivity contribution >= 4 is 5.78 Å². The molecule has 0 bridgehead atoms. The second-order valence-electron chi connectivity index (χ2n) is 4.13. The van der Waals surface area contributed by atoms with Crippen LogP contribution in [-0.2, 0) is 6.54 Å². The lowest BCUT2D eigenvalue weighted by molar-refractivity contribution is 0.100. The standard InChI is InChI=1S/C11H18N2O/c1-8(2)5-6-13-11(10(4)14)7-9(3)12-13/h7-8H,5-6H2,1-4H3. The molecule has 3 heteroatoms. The third-order valence-electron chi connectivity index (χ3n) is 2.18. The molecule has 78 valence electrons. The smallest absolute Gasteiger partial charge is 0.177 e. The van der Waals surface area contributed by atoms with Crippen LogP contribution in [0.5, 0.6) is 0 Å². The number of hydrogen-bond acceptors (Lipinski definition) is 2. The minimum atomic E-state index is 0.0920. The third-order valence-corrected chi connectivity index (χ3v) is 2.18. The molecule has 0 aliphatic carbocycles. The molecule has 0 N–H and O–H groups in total. The van der Waals surface area contributed by atoms with Crippen molar-refractivity contribution in [2.24, 2.45) is 5.92 Å². The maximum atomic E-state index is 11.3. The fourth-order valence-electron chi connectivity index (χ4n) is 1.38. The number of carbonyl (C=O) groups is 1. The summed E-state index contributed by atoms with van der Waals surface area (Å²) in [6, 6.07) is 1.85. The summed E-state index contributed by atoms with van der Waals surface area (Å²) >= 11 is 0. The summed E-state index contributed by atoms with van der Waals surface area (Å²) in [7, 11) is 0. The molecule has 1 heterocycles. The van der Waals surface area contributed by atoms with Gasteiger partial charge in [0.05, 0.1) is 5.69 Å². The lowest BCUT2D eigenvalue weighted by Gasteiger charge is -2.06. The molecule has 0 atom stereocenters. The van der Waals surface area contributed by atoms with Gasteiger partial charge in [-0.2, -0.15) is 5.10 Å². The van der Waals surface area contributed by atoms with Crippen LogP contribution < -0.4 is 0 Å². The second-order valence-corrected chi connectivity index (χ2v) is 4.13. The number of aromatic nitrogens is 2. The Kier molecular flexibility index (Phi) is 3.44. The summed E-state index contributed by atoms with van der Waals surface area (Å²) in [6.45, 7) is 8.68. The summed E-state index contributed by atoms with van der Waals surface area (Å²) in [5.74, 6) is 0.730. The summed E-state index contributed by atoms with van der Waals surface area (Å²) in [5.41, 5.74) is 1.64. The van der Waals surface area contributed by atoms with E-state index in [1.54, 1.807) is 6.92 Å².